The molecule has 9 nitrogen and oxygen atoms in total. The quantitative estimate of drug-likeness (QED) is 0.656. The van der Waals surface area contributed by atoms with Crippen molar-refractivity contribution < 1.29 is 14.3 Å². The minimum Gasteiger partial charge on any atom is -0.464 e. The zero-order valence-electron chi connectivity index (χ0n) is 14.1. The van der Waals surface area contributed by atoms with E-state index in [9.17, 15) is 9.59 Å². The molecule has 26 heavy (non-hydrogen) atoms. The smallest absolute Gasteiger partial charge is 0.357 e. The largest absolute Gasteiger partial charge is 0.464 e. The van der Waals surface area contributed by atoms with Crippen molar-refractivity contribution in [3.05, 3.63) is 52.8 Å². The zero-order chi connectivity index (χ0) is 18.5. The fourth-order valence-electron chi connectivity index (χ4n) is 2.42. The standard InChI is InChI=1S/C16H16N6O3S/c1-3-11-12(15(24)25-2)18-16(26-11)19-14(23)13(22-9-17-20-21-22)10-7-5-4-6-8-10/h4-9,13H,3H2,1-2H3,(H,18,19,23). The maximum Gasteiger partial charge on any atom is 0.357 e. The molecule has 134 valence electrons. The minimum absolute atomic E-state index is 0.217. The van der Waals surface area contributed by atoms with E-state index >= 15 is 0 Å². The summed E-state index contributed by atoms with van der Waals surface area (Å²) in [7, 11) is 1.29. The van der Waals surface area contributed by atoms with Crippen LogP contribution in [-0.4, -0.2) is 44.2 Å². The number of anilines is 1. The zero-order valence-corrected chi connectivity index (χ0v) is 14.9. The Labute approximate surface area is 153 Å². The van der Waals surface area contributed by atoms with Crippen LogP contribution in [0.15, 0.2) is 36.7 Å². The number of amides is 1. The molecule has 2 heterocycles. The van der Waals surface area contributed by atoms with Crippen molar-refractivity contribution in [1.82, 2.24) is 25.2 Å². The van der Waals surface area contributed by atoms with Gasteiger partial charge in [-0.15, -0.1) is 16.4 Å². The third kappa shape index (κ3) is 3.59. The first-order valence-corrected chi connectivity index (χ1v) is 8.62. The van der Waals surface area contributed by atoms with Gasteiger partial charge in [-0.3, -0.25) is 10.1 Å². The predicted octanol–water partition coefficient (Wildman–Crippen LogP) is 1.71. The Balaban J connectivity index is 1.89. The molecule has 0 saturated heterocycles. The number of aryl methyl sites for hydroxylation is 1. The lowest BCUT2D eigenvalue weighted by Crippen LogP contribution is -2.27. The first-order valence-electron chi connectivity index (χ1n) is 7.80. The summed E-state index contributed by atoms with van der Waals surface area (Å²) in [4.78, 5) is 29.6. The van der Waals surface area contributed by atoms with Gasteiger partial charge in [0, 0.05) is 4.88 Å². The average Bonchev–Trinajstić information content (AvgIpc) is 3.32. The Morgan fingerprint density at radius 3 is 2.69 bits per heavy atom. The van der Waals surface area contributed by atoms with E-state index in [1.165, 1.54) is 29.5 Å². The van der Waals surface area contributed by atoms with Crippen LogP contribution in [0.25, 0.3) is 0 Å². The second-order valence-corrected chi connectivity index (χ2v) is 6.31. The normalized spacial score (nSPS) is 11.8. The molecule has 0 spiro atoms. The third-order valence-electron chi connectivity index (χ3n) is 3.62. The molecule has 1 aromatic carbocycles. The summed E-state index contributed by atoms with van der Waals surface area (Å²) in [5.41, 5.74) is 0.937. The number of nitrogens with one attached hydrogen (secondary N) is 1. The van der Waals surface area contributed by atoms with Gasteiger partial charge < -0.3 is 4.74 Å². The Morgan fingerprint density at radius 1 is 1.31 bits per heavy atom. The van der Waals surface area contributed by atoms with Crippen molar-refractivity contribution in [2.24, 2.45) is 0 Å². The lowest BCUT2D eigenvalue weighted by molar-refractivity contribution is -0.118. The van der Waals surface area contributed by atoms with Gasteiger partial charge in [0.1, 0.15) is 6.33 Å². The first kappa shape index (κ1) is 17.7. The highest BCUT2D eigenvalue weighted by molar-refractivity contribution is 7.16. The summed E-state index contributed by atoms with van der Waals surface area (Å²) >= 11 is 1.24. The van der Waals surface area contributed by atoms with E-state index in [4.69, 9.17) is 4.74 Å². The summed E-state index contributed by atoms with van der Waals surface area (Å²) in [6.07, 6.45) is 1.98. The molecular formula is C16H16N6O3S. The summed E-state index contributed by atoms with van der Waals surface area (Å²) in [6, 6.07) is 8.37. The van der Waals surface area contributed by atoms with Gasteiger partial charge in [-0.1, -0.05) is 37.3 Å². The monoisotopic (exact) mass is 372 g/mol. The molecule has 0 aliphatic rings. The van der Waals surface area contributed by atoms with E-state index in [1.807, 2.05) is 37.3 Å². The van der Waals surface area contributed by atoms with Crippen molar-refractivity contribution in [3.8, 4) is 0 Å². The van der Waals surface area contributed by atoms with Crippen molar-refractivity contribution in [2.45, 2.75) is 19.4 Å². The van der Waals surface area contributed by atoms with Gasteiger partial charge in [0.05, 0.1) is 7.11 Å². The van der Waals surface area contributed by atoms with Crippen molar-refractivity contribution >= 4 is 28.3 Å². The summed E-state index contributed by atoms with van der Waals surface area (Å²) < 4.78 is 6.10. The third-order valence-corrected chi connectivity index (χ3v) is 4.74. The number of rotatable bonds is 6. The summed E-state index contributed by atoms with van der Waals surface area (Å²) in [6.45, 7) is 1.90. The second kappa shape index (κ2) is 7.83. The number of carbonyl (C=O) groups excluding carboxylic acids is 2. The summed E-state index contributed by atoms with van der Waals surface area (Å²) in [5.74, 6) is -0.894. The molecule has 3 rings (SSSR count). The van der Waals surface area contributed by atoms with Gasteiger partial charge in [0.25, 0.3) is 5.91 Å². The van der Waals surface area contributed by atoms with Crippen molar-refractivity contribution in [3.63, 3.8) is 0 Å². The van der Waals surface area contributed by atoms with Crippen LogP contribution in [0, 0.1) is 0 Å². The fourth-order valence-corrected chi connectivity index (χ4v) is 3.31. The Hall–Kier alpha value is -3.14. The molecule has 3 aromatic rings. The van der Waals surface area contributed by atoms with Crippen LogP contribution in [0.2, 0.25) is 0 Å². The van der Waals surface area contributed by atoms with Crippen molar-refractivity contribution in [2.75, 3.05) is 12.4 Å². The number of aromatic nitrogens is 5. The molecule has 0 aliphatic carbocycles. The number of carbonyl (C=O) groups is 2. The Bertz CT molecular complexity index is 894. The number of methoxy groups -OCH3 is 1. The van der Waals surface area contributed by atoms with Gasteiger partial charge in [-0.2, -0.15) is 0 Å². The van der Waals surface area contributed by atoms with Crippen molar-refractivity contribution in [1.29, 1.82) is 0 Å². The molecule has 0 radical (unpaired) electrons. The fraction of sp³-hybridized carbons (Fsp3) is 0.250. The Kier molecular flexibility index (Phi) is 5.32. The highest BCUT2D eigenvalue weighted by atomic mass is 32.1. The van der Waals surface area contributed by atoms with Crippen LogP contribution >= 0.6 is 11.3 Å². The van der Waals surface area contributed by atoms with Crippen LogP contribution in [0.3, 0.4) is 0 Å². The van der Waals surface area contributed by atoms with E-state index in [1.54, 1.807) is 0 Å². The molecule has 0 saturated carbocycles. The van der Waals surface area contributed by atoms with Crippen LogP contribution in [0.4, 0.5) is 5.13 Å². The number of nitrogens with zero attached hydrogens (tertiary/aromatic N) is 5. The van der Waals surface area contributed by atoms with Crippen LogP contribution in [0.1, 0.15) is 33.9 Å². The predicted molar refractivity (Wildman–Crippen MR) is 93.9 cm³/mol. The molecule has 0 fully saturated rings. The van der Waals surface area contributed by atoms with Crippen LogP contribution in [-0.2, 0) is 16.0 Å². The van der Waals surface area contributed by atoms with Crippen LogP contribution < -0.4 is 5.32 Å². The van der Waals surface area contributed by atoms with E-state index in [0.717, 1.165) is 10.4 Å². The SMILES string of the molecule is CCc1sc(NC(=O)C(c2ccccc2)n2cnnn2)nc1C(=O)OC. The minimum atomic E-state index is -0.762. The number of hydrogen-bond donors (Lipinski definition) is 1. The van der Waals surface area contributed by atoms with E-state index in [-0.39, 0.29) is 11.6 Å². The number of benzene rings is 1. The lowest BCUT2D eigenvalue weighted by Gasteiger charge is -2.15. The van der Waals surface area contributed by atoms with Gasteiger partial charge in [-0.05, 0) is 22.4 Å². The van der Waals surface area contributed by atoms with E-state index < -0.39 is 12.0 Å². The molecule has 0 bridgehead atoms. The molecule has 10 heteroatoms. The number of hydrogen-bond acceptors (Lipinski definition) is 8. The van der Waals surface area contributed by atoms with E-state index in [0.29, 0.717) is 11.6 Å². The van der Waals surface area contributed by atoms with E-state index in [2.05, 4.69) is 25.8 Å². The maximum atomic E-state index is 12.9. The topological polar surface area (TPSA) is 112 Å². The van der Waals surface area contributed by atoms with Gasteiger partial charge in [0.2, 0.25) is 0 Å². The first-order chi connectivity index (χ1) is 12.6. The average molecular weight is 372 g/mol. The molecule has 0 aliphatic heterocycles. The summed E-state index contributed by atoms with van der Waals surface area (Å²) in [5, 5.41) is 14.1. The number of thiazole rings is 1. The number of ether oxygens (including phenoxy) is 1. The number of esters is 1. The molecule has 1 amide bonds. The second-order valence-electron chi connectivity index (χ2n) is 5.23. The molecule has 1 unspecified atom stereocenters. The highest BCUT2D eigenvalue weighted by Gasteiger charge is 2.26. The highest BCUT2D eigenvalue weighted by Crippen LogP contribution is 2.26. The van der Waals surface area contributed by atoms with Gasteiger partial charge in [-0.25, -0.2) is 14.5 Å². The molecular weight excluding hydrogens is 356 g/mol. The molecule has 2 aromatic heterocycles. The molecule has 1 atom stereocenters. The van der Waals surface area contributed by atoms with Crippen LogP contribution in [0.5, 0.6) is 0 Å². The number of tetrazole rings is 1. The maximum absolute atomic E-state index is 12.9. The molecule has 1 N–H and O–H groups in total. The lowest BCUT2D eigenvalue weighted by atomic mass is 10.1. The Morgan fingerprint density at radius 2 is 2.08 bits per heavy atom. The van der Waals surface area contributed by atoms with Gasteiger partial charge >= 0.3 is 5.97 Å². The van der Waals surface area contributed by atoms with Gasteiger partial charge in [0.15, 0.2) is 16.9 Å².